The maximum absolute atomic E-state index is 12.6. The molecule has 2 amide bonds. The molecule has 1 aromatic carbocycles. The average Bonchev–Trinajstić information content (AvgIpc) is 2.76. The Bertz CT molecular complexity index is 750. The molecule has 2 fully saturated rings. The van der Waals surface area contributed by atoms with Crippen molar-refractivity contribution in [3.63, 3.8) is 0 Å². The molecule has 9 heteroatoms. The summed E-state index contributed by atoms with van der Waals surface area (Å²) >= 11 is 0. The number of para-hydroxylation sites is 1. The van der Waals surface area contributed by atoms with Crippen molar-refractivity contribution in [2.45, 2.75) is 36.1 Å². The van der Waals surface area contributed by atoms with E-state index in [4.69, 9.17) is 4.74 Å². The molecule has 2 aliphatic heterocycles. The van der Waals surface area contributed by atoms with Crippen molar-refractivity contribution in [1.82, 2.24) is 10.2 Å². The molecule has 0 spiro atoms. The van der Waals surface area contributed by atoms with Gasteiger partial charge >= 0.3 is 5.97 Å². The maximum Gasteiger partial charge on any atom is 0.328 e. The van der Waals surface area contributed by atoms with Crippen molar-refractivity contribution in [2.24, 2.45) is 0 Å². The van der Waals surface area contributed by atoms with Crippen LogP contribution in [0.5, 0.6) is 5.75 Å². The first-order valence-electron chi connectivity index (χ1n) is 7.68. The van der Waals surface area contributed by atoms with E-state index in [0.717, 1.165) is 4.90 Å². The van der Waals surface area contributed by atoms with E-state index in [2.05, 4.69) is 5.32 Å². The fourth-order valence-electron chi connectivity index (χ4n) is 3.17. The second-order valence-electron chi connectivity index (χ2n) is 6.42. The summed E-state index contributed by atoms with van der Waals surface area (Å²) in [6.07, 6.45) is 0. The lowest BCUT2D eigenvalue weighted by molar-refractivity contribution is -0.161. The van der Waals surface area contributed by atoms with E-state index in [-0.39, 0.29) is 6.61 Å². The van der Waals surface area contributed by atoms with Crippen LogP contribution in [0.2, 0.25) is 0 Å². The Balaban J connectivity index is 1.65. The number of ether oxygens (including phenoxy) is 1. The highest BCUT2D eigenvalue weighted by Gasteiger charge is 2.68. The van der Waals surface area contributed by atoms with Gasteiger partial charge in [0.15, 0.2) is 6.61 Å². The van der Waals surface area contributed by atoms with E-state index in [1.807, 2.05) is 6.07 Å². The lowest BCUT2D eigenvalue weighted by Crippen LogP contribution is -2.71. The minimum atomic E-state index is -1.61. The first-order chi connectivity index (χ1) is 11.7. The predicted octanol–water partition coefficient (Wildman–Crippen LogP) is -0.287. The van der Waals surface area contributed by atoms with Crippen LogP contribution in [0.4, 0.5) is 0 Å². The summed E-state index contributed by atoms with van der Waals surface area (Å²) in [4.78, 5) is 36.8. The second kappa shape index (κ2) is 6.14. The van der Waals surface area contributed by atoms with E-state index in [0.29, 0.717) is 5.75 Å². The Morgan fingerprint density at radius 2 is 1.96 bits per heavy atom. The summed E-state index contributed by atoms with van der Waals surface area (Å²) in [5, 5.41) is 11.0. The molecule has 0 aromatic heterocycles. The molecule has 25 heavy (non-hydrogen) atoms. The number of rotatable bonds is 5. The van der Waals surface area contributed by atoms with Crippen molar-refractivity contribution < 1.29 is 28.4 Å². The number of carboxylic acids is 1. The maximum atomic E-state index is 12.6. The summed E-state index contributed by atoms with van der Waals surface area (Å²) in [7, 11) is -1.61. The molecular formula is C16H18N2O6S. The topological polar surface area (TPSA) is 113 Å². The number of β-lactam (4-membered cyclic amide) rings is 1. The van der Waals surface area contributed by atoms with Crippen LogP contribution < -0.4 is 10.1 Å². The van der Waals surface area contributed by atoms with Crippen LogP contribution in [0.1, 0.15) is 13.8 Å². The first-order valence-corrected chi connectivity index (χ1v) is 8.89. The smallest absolute Gasteiger partial charge is 0.328 e. The minimum Gasteiger partial charge on any atom is -0.484 e. The van der Waals surface area contributed by atoms with Gasteiger partial charge in [0, 0.05) is 0 Å². The van der Waals surface area contributed by atoms with E-state index >= 15 is 0 Å². The van der Waals surface area contributed by atoms with Gasteiger partial charge in [-0.15, -0.1) is 0 Å². The molecule has 3 rings (SSSR count). The zero-order valence-corrected chi connectivity index (χ0v) is 14.5. The van der Waals surface area contributed by atoms with Crippen molar-refractivity contribution in [1.29, 1.82) is 0 Å². The zero-order chi connectivity index (χ0) is 18.4. The molecule has 2 N–H and O–H groups in total. The van der Waals surface area contributed by atoms with Gasteiger partial charge in [0.1, 0.15) is 23.2 Å². The van der Waals surface area contributed by atoms with E-state index < -0.39 is 50.8 Å². The number of carbonyl (C=O) groups excluding carboxylic acids is 2. The molecule has 134 valence electrons. The highest BCUT2D eigenvalue weighted by atomic mass is 32.2. The van der Waals surface area contributed by atoms with Gasteiger partial charge in [-0.25, -0.2) is 4.79 Å². The summed E-state index contributed by atoms with van der Waals surface area (Å²) in [6, 6.07) is 6.55. The van der Waals surface area contributed by atoms with Crippen LogP contribution in [-0.4, -0.2) is 60.8 Å². The minimum absolute atomic E-state index is 0.293. The van der Waals surface area contributed by atoms with E-state index in [1.54, 1.807) is 38.1 Å². The van der Waals surface area contributed by atoms with Crippen LogP contribution in [-0.2, 0) is 25.2 Å². The van der Waals surface area contributed by atoms with Gasteiger partial charge < -0.3 is 20.1 Å². The molecule has 1 unspecified atom stereocenters. The Morgan fingerprint density at radius 1 is 1.32 bits per heavy atom. The number of fused-ring (bicyclic) bond motifs is 1. The fourth-order valence-corrected chi connectivity index (χ4v) is 5.09. The number of hydrogen-bond acceptors (Lipinski definition) is 5. The Kier molecular flexibility index (Phi) is 4.28. The van der Waals surface area contributed by atoms with Gasteiger partial charge in [-0.3, -0.25) is 13.8 Å². The zero-order valence-electron chi connectivity index (χ0n) is 13.7. The normalized spacial score (nSPS) is 29.5. The predicted molar refractivity (Wildman–Crippen MR) is 88.1 cm³/mol. The van der Waals surface area contributed by atoms with Gasteiger partial charge in [0.05, 0.1) is 15.5 Å². The van der Waals surface area contributed by atoms with Crippen LogP contribution >= 0.6 is 0 Å². The van der Waals surface area contributed by atoms with Crippen LogP contribution in [0.15, 0.2) is 30.3 Å². The molecule has 0 aliphatic carbocycles. The lowest BCUT2D eigenvalue weighted by atomic mass is 9.96. The molecule has 0 bridgehead atoms. The highest BCUT2D eigenvalue weighted by Crippen LogP contribution is 2.43. The Labute approximate surface area is 146 Å². The van der Waals surface area contributed by atoms with Crippen molar-refractivity contribution in [2.75, 3.05) is 6.61 Å². The van der Waals surface area contributed by atoms with Crippen LogP contribution in [0.3, 0.4) is 0 Å². The standard InChI is InChI=1S/C16H18N2O6S/c1-16(2)12(15(21)22)18-13(20)11(14(18)25(16)23)17-10(19)8-24-9-6-4-3-5-7-9/h3-7,11-12,14H,8H2,1-2H3,(H,17,19)(H,21,22)/t11-,12-,14+,25?/m1/s1. The number of nitrogens with one attached hydrogen (secondary N) is 1. The molecule has 0 radical (unpaired) electrons. The number of aliphatic carboxylic acids is 1. The third-order valence-electron chi connectivity index (χ3n) is 4.42. The number of benzene rings is 1. The highest BCUT2D eigenvalue weighted by molar-refractivity contribution is 7.87. The van der Waals surface area contributed by atoms with E-state index in [1.165, 1.54) is 0 Å². The van der Waals surface area contributed by atoms with Gasteiger partial charge in [-0.2, -0.15) is 0 Å². The number of carboxylic acid groups (broad SMARTS) is 1. The fraction of sp³-hybridized carbons (Fsp3) is 0.438. The molecule has 0 saturated carbocycles. The Morgan fingerprint density at radius 3 is 2.56 bits per heavy atom. The largest absolute Gasteiger partial charge is 0.484 e. The quantitative estimate of drug-likeness (QED) is 0.693. The summed E-state index contributed by atoms with van der Waals surface area (Å²) in [5.41, 5.74) is 0. The van der Waals surface area contributed by atoms with Crippen molar-refractivity contribution in [3.05, 3.63) is 30.3 Å². The monoisotopic (exact) mass is 366 g/mol. The third-order valence-corrected chi connectivity index (χ3v) is 6.62. The van der Waals surface area contributed by atoms with Gasteiger partial charge in [0.2, 0.25) is 5.91 Å². The van der Waals surface area contributed by atoms with Gasteiger partial charge in [-0.1, -0.05) is 18.2 Å². The van der Waals surface area contributed by atoms with Gasteiger partial charge in [0.25, 0.3) is 5.91 Å². The molecule has 2 saturated heterocycles. The third kappa shape index (κ3) is 2.78. The van der Waals surface area contributed by atoms with Crippen LogP contribution in [0, 0.1) is 0 Å². The number of nitrogens with zero attached hydrogens (tertiary/aromatic N) is 1. The number of hydrogen-bond donors (Lipinski definition) is 2. The molecule has 8 nitrogen and oxygen atoms in total. The molecule has 1 aromatic rings. The average molecular weight is 366 g/mol. The van der Waals surface area contributed by atoms with E-state index in [9.17, 15) is 23.7 Å². The number of amides is 2. The SMILES string of the molecule is CC1(C)[C@@H](C(=O)O)N2C(=O)[C@@H](NC(=O)COc3ccccc3)[C@@H]2S1=O. The number of carbonyl (C=O) groups is 3. The van der Waals surface area contributed by atoms with Crippen molar-refractivity contribution >= 4 is 28.6 Å². The van der Waals surface area contributed by atoms with Crippen LogP contribution in [0.25, 0.3) is 0 Å². The Hall–Kier alpha value is -2.42. The summed E-state index contributed by atoms with van der Waals surface area (Å²) in [5.74, 6) is -1.76. The lowest BCUT2D eigenvalue weighted by Gasteiger charge is -2.42. The molecule has 4 atom stereocenters. The van der Waals surface area contributed by atoms with Crippen molar-refractivity contribution in [3.8, 4) is 5.75 Å². The molecular weight excluding hydrogens is 348 g/mol. The summed E-state index contributed by atoms with van der Waals surface area (Å²) < 4.78 is 16.8. The first kappa shape index (κ1) is 17.4. The molecule has 2 aliphatic rings. The molecule has 2 heterocycles. The van der Waals surface area contributed by atoms with Gasteiger partial charge in [-0.05, 0) is 26.0 Å². The second-order valence-corrected chi connectivity index (χ2v) is 8.55. The summed E-state index contributed by atoms with van der Waals surface area (Å²) in [6.45, 7) is 2.80.